The van der Waals surface area contributed by atoms with E-state index in [0.29, 0.717) is 5.75 Å². The number of hydrogen-bond donors (Lipinski definition) is 3. The third-order valence-electron chi connectivity index (χ3n) is 2.81. The van der Waals surface area contributed by atoms with Gasteiger partial charge in [0.05, 0.1) is 12.7 Å². The third kappa shape index (κ3) is 1.78. The Kier molecular flexibility index (Phi) is 2.63. The van der Waals surface area contributed by atoms with Gasteiger partial charge >= 0.3 is 0 Å². The highest BCUT2D eigenvalue weighted by Gasteiger charge is 2.17. The third-order valence-corrected chi connectivity index (χ3v) is 2.81. The molecule has 20 heavy (non-hydrogen) atoms. The van der Waals surface area contributed by atoms with E-state index < -0.39 is 11.4 Å². The number of aromatic amines is 2. The van der Waals surface area contributed by atoms with Crippen molar-refractivity contribution in [3.05, 3.63) is 34.4 Å². The molecule has 0 atom stereocenters. The highest BCUT2D eigenvalue weighted by molar-refractivity contribution is 5.77. The van der Waals surface area contributed by atoms with Crippen LogP contribution in [-0.2, 0) is 0 Å². The van der Waals surface area contributed by atoms with Gasteiger partial charge in [-0.25, -0.2) is 9.37 Å². The molecule has 0 aliphatic rings. The van der Waals surface area contributed by atoms with E-state index in [9.17, 15) is 9.18 Å². The van der Waals surface area contributed by atoms with E-state index in [0.717, 1.165) is 0 Å². The zero-order chi connectivity index (χ0) is 14.3. The fraction of sp³-hybridized carbons (Fsp3) is 0.0833. The first-order valence-corrected chi connectivity index (χ1v) is 5.68. The lowest BCUT2D eigenvalue weighted by atomic mass is 10.2. The predicted octanol–water partition coefficient (Wildman–Crippen LogP) is 1.04. The van der Waals surface area contributed by atoms with Gasteiger partial charge in [-0.2, -0.15) is 4.98 Å². The van der Waals surface area contributed by atoms with Gasteiger partial charge in [0.25, 0.3) is 5.56 Å². The molecule has 0 unspecified atom stereocenters. The summed E-state index contributed by atoms with van der Waals surface area (Å²) >= 11 is 0. The van der Waals surface area contributed by atoms with Crippen molar-refractivity contribution in [2.24, 2.45) is 0 Å². The number of nitrogens with two attached hydrogens (primary N) is 1. The molecule has 2 heterocycles. The molecule has 8 heteroatoms. The van der Waals surface area contributed by atoms with Gasteiger partial charge in [0, 0.05) is 0 Å². The topological polar surface area (TPSA) is 110 Å². The van der Waals surface area contributed by atoms with Gasteiger partial charge in [0.1, 0.15) is 17.4 Å². The molecule has 0 radical (unpaired) electrons. The van der Waals surface area contributed by atoms with Crippen LogP contribution in [0.4, 0.5) is 10.3 Å². The maximum atomic E-state index is 14.0. The second-order valence-electron chi connectivity index (χ2n) is 4.05. The molecule has 0 saturated carbocycles. The van der Waals surface area contributed by atoms with E-state index >= 15 is 0 Å². The second-order valence-corrected chi connectivity index (χ2v) is 4.05. The number of rotatable bonds is 2. The van der Waals surface area contributed by atoms with Crippen molar-refractivity contribution in [3.8, 4) is 17.1 Å². The minimum Gasteiger partial charge on any atom is -0.496 e. The second kappa shape index (κ2) is 4.34. The van der Waals surface area contributed by atoms with Crippen molar-refractivity contribution in [1.82, 2.24) is 19.9 Å². The minimum atomic E-state index is -0.521. The molecule has 0 amide bonds. The van der Waals surface area contributed by atoms with Gasteiger partial charge in [0.2, 0.25) is 5.95 Å². The Morgan fingerprint density at radius 2 is 2.10 bits per heavy atom. The molecule has 102 valence electrons. The Bertz CT molecular complexity index is 855. The van der Waals surface area contributed by atoms with Crippen LogP contribution in [0, 0.1) is 5.82 Å². The van der Waals surface area contributed by atoms with Crippen molar-refractivity contribution in [2.75, 3.05) is 12.8 Å². The summed E-state index contributed by atoms with van der Waals surface area (Å²) in [5.74, 6) is -0.124. The zero-order valence-corrected chi connectivity index (χ0v) is 10.4. The van der Waals surface area contributed by atoms with Crippen molar-refractivity contribution in [3.63, 3.8) is 0 Å². The largest absolute Gasteiger partial charge is 0.496 e. The SMILES string of the molecule is COc1cccc(F)c1-c1nc2nc(N)[nH]c(=O)c2[nH]1. The average Bonchev–Trinajstić information content (AvgIpc) is 2.81. The van der Waals surface area contributed by atoms with E-state index in [1.165, 1.54) is 19.2 Å². The van der Waals surface area contributed by atoms with Crippen molar-refractivity contribution >= 4 is 17.1 Å². The number of hydrogen-bond acceptors (Lipinski definition) is 5. The Morgan fingerprint density at radius 1 is 1.30 bits per heavy atom. The van der Waals surface area contributed by atoms with Crippen LogP contribution in [0.5, 0.6) is 5.75 Å². The highest BCUT2D eigenvalue weighted by atomic mass is 19.1. The first-order chi connectivity index (χ1) is 9.60. The molecule has 1 aromatic carbocycles. The number of anilines is 1. The summed E-state index contributed by atoms with van der Waals surface area (Å²) in [5.41, 5.74) is 5.34. The van der Waals surface area contributed by atoms with E-state index in [4.69, 9.17) is 10.5 Å². The number of aromatic nitrogens is 4. The quantitative estimate of drug-likeness (QED) is 0.647. The molecule has 0 fully saturated rings. The lowest BCUT2D eigenvalue weighted by molar-refractivity contribution is 0.413. The number of fused-ring (bicyclic) bond motifs is 1. The molecular formula is C12H10FN5O2. The molecule has 3 aromatic rings. The van der Waals surface area contributed by atoms with Crippen LogP contribution in [-0.4, -0.2) is 27.0 Å². The first kappa shape index (κ1) is 12.2. The molecule has 2 aromatic heterocycles. The smallest absolute Gasteiger partial charge is 0.278 e. The van der Waals surface area contributed by atoms with Crippen LogP contribution < -0.4 is 16.0 Å². The summed E-state index contributed by atoms with van der Waals surface area (Å²) in [6.07, 6.45) is 0. The van der Waals surface area contributed by atoms with E-state index in [1.54, 1.807) is 6.07 Å². The maximum absolute atomic E-state index is 14.0. The van der Waals surface area contributed by atoms with Crippen molar-refractivity contribution in [1.29, 1.82) is 0 Å². The zero-order valence-electron chi connectivity index (χ0n) is 10.4. The number of halogens is 1. The molecule has 0 aliphatic heterocycles. The fourth-order valence-electron chi connectivity index (χ4n) is 1.95. The molecule has 3 rings (SSSR count). The highest BCUT2D eigenvalue weighted by Crippen LogP contribution is 2.30. The fourth-order valence-corrected chi connectivity index (χ4v) is 1.95. The summed E-state index contributed by atoms with van der Waals surface area (Å²) < 4.78 is 19.1. The van der Waals surface area contributed by atoms with Crippen LogP contribution >= 0.6 is 0 Å². The Labute approximate surface area is 111 Å². The van der Waals surface area contributed by atoms with Gasteiger partial charge in [-0.15, -0.1) is 0 Å². The van der Waals surface area contributed by atoms with Gasteiger partial charge in [0.15, 0.2) is 11.2 Å². The predicted molar refractivity (Wildman–Crippen MR) is 70.9 cm³/mol. The molecule has 7 nitrogen and oxygen atoms in total. The number of nitrogens with zero attached hydrogens (tertiary/aromatic N) is 2. The van der Waals surface area contributed by atoms with E-state index in [-0.39, 0.29) is 28.5 Å². The first-order valence-electron chi connectivity index (χ1n) is 5.68. The Balaban J connectivity index is 2.31. The van der Waals surface area contributed by atoms with Crippen LogP contribution in [0.1, 0.15) is 0 Å². The monoisotopic (exact) mass is 275 g/mol. The number of nitrogens with one attached hydrogen (secondary N) is 2. The molecule has 0 saturated heterocycles. The van der Waals surface area contributed by atoms with Crippen LogP contribution in [0.25, 0.3) is 22.6 Å². The van der Waals surface area contributed by atoms with Crippen LogP contribution in [0.15, 0.2) is 23.0 Å². The van der Waals surface area contributed by atoms with E-state index in [1.807, 2.05) is 0 Å². The number of ether oxygens (including phenoxy) is 1. The van der Waals surface area contributed by atoms with Gasteiger partial charge in [-0.1, -0.05) is 6.07 Å². The molecule has 0 aliphatic carbocycles. The maximum Gasteiger partial charge on any atom is 0.278 e. The van der Waals surface area contributed by atoms with Gasteiger partial charge in [-0.05, 0) is 12.1 Å². The summed E-state index contributed by atoms with van der Waals surface area (Å²) in [6, 6.07) is 4.39. The Hall–Kier alpha value is -2.90. The van der Waals surface area contributed by atoms with Crippen LogP contribution in [0.2, 0.25) is 0 Å². The summed E-state index contributed by atoms with van der Waals surface area (Å²) in [7, 11) is 1.42. The number of nitrogen functional groups attached to an aromatic ring is 1. The number of H-pyrrole nitrogens is 2. The molecule has 0 bridgehead atoms. The number of imidazole rings is 1. The van der Waals surface area contributed by atoms with E-state index in [2.05, 4.69) is 19.9 Å². The summed E-state index contributed by atoms with van der Waals surface area (Å²) in [5, 5.41) is 0. The van der Waals surface area contributed by atoms with Gasteiger partial charge in [-0.3, -0.25) is 9.78 Å². The average molecular weight is 275 g/mol. The van der Waals surface area contributed by atoms with Crippen molar-refractivity contribution in [2.45, 2.75) is 0 Å². The Morgan fingerprint density at radius 3 is 2.85 bits per heavy atom. The normalized spacial score (nSPS) is 10.9. The van der Waals surface area contributed by atoms with Crippen molar-refractivity contribution < 1.29 is 9.13 Å². The number of methoxy groups -OCH3 is 1. The molecule has 0 spiro atoms. The molecular weight excluding hydrogens is 265 g/mol. The van der Waals surface area contributed by atoms with Gasteiger partial charge < -0.3 is 15.5 Å². The summed E-state index contributed by atoms with van der Waals surface area (Å²) in [4.78, 5) is 24.7. The lowest BCUT2D eigenvalue weighted by Crippen LogP contribution is -2.10. The summed E-state index contributed by atoms with van der Waals surface area (Å²) in [6.45, 7) is 0. The lowest BCUT2D eigenvalue weighted by Gasteiger charge is -2.06. The molecule has 4 N–H and O–H groups in total. The minimum absolute atomic E-state index is 0.0546. The number of benzene rings is 1. The standard InChI is InChI=1S/C12H10FN5O2/c1-20-6-4-2-3-5(13)7(6)9-15-8-10(16-9)17-12(14)18-11(8)19/h2-4H,1H3,(H4,14,15,16,17,18,19). The van der Waals surface area contributed by atoms with Crippen LogP contribution in [0.3, 0.4) is 0 Å².